The number of hydrogen-bond acceptors (Lipinski definition) is 3. The van der Waals surface area contributed by atoms with E-state index in [0.29, 0.717) is 37.1 Å². The van der Waals surface area contributed by atoms with Crippen molar-refractivity contribution in [3.8, 4) is 0 Å². The van der Waals surface area contributed by atoms with Gasteiger partial charge < -0.3 is 10.2 Å². The van der Waals surface area contributed by atoms with Crippen molar-refractivity contribution in [2.24, 2.45) is 5.92 Å². The van der Waals surface area contributed by atoms with Crippen LogP contribution in [0.15, 0.2) is 54.6 Å². The van der Waals surface area contributed by atoms with Crippen molar-refractivity contribution < 1.29 is 9.59 Å². The number of hydrogen-bond donors (Lipinski definition) is 1. The van der Waals surface area contributed by atoms with Gasteiger partial charge in [-0.1, -0.05) is 42.6 Å². The summed E-state index contributed by atoms with van der Waals surface area (Å²) in [6, 6.07) is 16.5. The zero-order valence-electron chi connectivity index (χ0n) is 17.1. The largest absolute Gasteiger partial charge is 0.336 e. The van der Waals surface area contributed by atoms with E-state index in [1.54, 1.807) is 12.1 Å². The van der Waals surface area contributed by atoms with Crippen molar-refractivity contribution in [2.75, 3.05) is 31.5 Å². The summed E-state index contributed by atoms with van der Waals surface area (Å²) in [4.78, 5) is 30.2. The molecule has 1 heterocycles. The molecule has 0 unspecified atom stereocenters. The number of carbonyl (C=O) groups excluding carboxylic acids is 2. The average Bonchev–Trinajstić information content (AvgIpc) is 3.30. The van der Waals surface area contributed by atoms with Crippen LogP contribution in [0.2, 0.25) is 5.02 Å². The Morgan fingerprint density at radius 2 is 1.53 bits per heavy atom. The van der Waals surface area contributed by atoms with Gasteiger partial charge in [-0.05, 0) is 55.2 Å². The predicted octanol–water partition coefficient (Wildman–Crippen LogP) is 4.30. The van der Waals surface area contributed by atoms with Gasteiger partial charge in [0.15, 0.2) is 0 Å². The molecule has 5 nitrogen and oxygen atoms in total. The summed E-state index contributed by atoms with van der Waals surface area (Å²) < 4.78 is 0. The first kappa shape index (κ1) is 20.9. The summed E-state index contributed by atoms with van der Waals surface area (Å²) in [6.45, 7) is 2.72. The lowest BCUT2D eigenvalue weighted by atomic mass is 9.94. The fourth-order valence-electron chi connectivity index (χ4n) is 4.67. The predicted molar refractivity (Wildman–Crippen MR) is 120 cm³/mol. The number of halogens is 1. The number of piperazine rings is 1. The molecule has 158 valence electrons. The topological polar surface area (TPSA) is 52.7 Å². The van der Waals surface area contributed by atoms with Gasteiger partial charge in [-0.3, -0.25) is 14.5 Å². The van der Waals surface area contributed by atoms with E-state index in [2.05, 4.69) is 10.2 Å². The Morgan fingerprint density at radius 3 is 2.17 bits per heavy atom. The molecule has 0 bridgehead atoms. The zero-order chi connectivity index (χ0) is 20.9. The van der Waals surface area contributed by atoms with Crippen LogP contribution in [0.1, 0.15) is 36.0 Å². The number of anilines is 1. The van der Waals surface area contributed by atoms with Gasteiger partial charge in [0.25, 0.3) is 5.91 Å². The van der Waals surface area contributed by atoms with E-state index in [-0.39, 0.29) is 17.9 Å². The minimum atomic E-state index is -0.155. The maximum Gasteiger partial charge on any atom is 0.253 e. The Bertz CT molecular complexity index is 858. The third kappa shape index (κ3) is 4.85. The van der Waals surface area contributed by atoms with Gasteiger partial charge in [0, 0.05) is 42.5 Å². The fraction of sp³-hybridized carbons (Fsp3) is 0.417. The van der Waals surface area contributed by atoms with E-state index >= 15 is 0 Å². The fourth-order valence-corrected chi connectivity index (χ4v) is 4.79. The van der Waals surface area contributed by atoms with Crippen LogP contribution < -0.4 is 5.32 Å². The Morgan fingerprint density at radius 1 is 0.900 bits per heavy atom. The van der Waals surface area contributed by atoms with E-state index in [4.69, 9.17) is 11.6 Å². The number of nitrogens with one attached hydrogen (secondary N) is 1. The number of amides is 2. The molecule has 1 atom stereocenters. The van der Waals surface area contributed by atoms with Gasteiger partial charge in [0.05, 0.1) is 6.04 Å². The van der Waals surface area contributed by atoms with Gasteiger partial charge in [-0.15, -0.1) is 0 Å². The molecule has 2 aromatic carbocycles. The number of nitrogens with zero attached hydrogens (tertiary/aromatic N) is 2. The van der Waals surface area contributed by atoms with Crippen LogP contribution in [0.4, 0.5) is 5.69 Å². The highest BCUT2D eigenvalue weighted by Gasteiger charge is 2.37. The van der Waals surface area contributed by atoms with Gasteiger partial charge in [0.2, 0.25) is 5.91 Å². The highest BCUT2D eigenvalue weighted by molar-refractivity contribution is 6.30. The average molecular weight is 426 g/mol. The number of benzene rings is 2. The summed E-state index contributed by atoms with van der Waals surface area (Å²) in [5.41, 5.74) is 1.49. The lowest BCUT2D eigenvalue weighted by molar-refractivity contribution is -0.123. The van der Waals surface area contributed by atoms with Gasteiger partial charge in [0.1, 0.15) is 0 Å². The number of carbonyl (C=O) groups is 2. The molecule has 0 aromatic heterocycles. The van der Waals surface area contributed by atoms with Gasteiger partial charge >= 0.3 is 0 Å². The van der Waals surface area contributed by atoms with Crippen molar-refractivity contribution >= 4 is 29.1 Å². The molecular weight excluding hydrogens is 398 g/mol. The second-order valence-electron chi connectivity index (χ2n) is 8.18. The highest BCUT2D eigenvalue weighted by Crippen LogP contribution is 2.32. The van der Waals surface area contributed by atoms with E-state index in [1.807, 2.05) is 47.4 Å². The van der Waals surface area contributed by atoms with Crippen LogP contribution in [0.25, 0.3) is 0 Å². The standard InChI is InChI=1S/C24H28ClN3O2/c25-20-10-12-21(13-11-20)26-23(29)22(18-6-4-5-7-18)27-14-16-28(17-15-27)24(30)19-8-2-1-3-9-19/h1-3,8-13,18,22H,4-7,14-17H2,(H,26,29)/t22-/m0/s1. The van der Waals surface area contributed by atoms with Crippen LogP contribution in [0, 0.1) is 5.92 Å². The summed E-state index contributed by atoms with van der Waals surface area (Å²) in [6.07, 6.45) is 4.54. The first-order valence-corrected chi connectivity index (χ1v) is 11.1. The molecule has 2 amide bonds. The van der Waals surface area contributed by atoms with E-state index in [0.717, 1.165) is 24.1 Å². The molecule has 2 fully saturated rings. The van der Waals surface area contributed by atoms with Crippen LogP contribution in [0.5, 0.6) is 0 Å². The minimum Gasteiger partial charge on any atom is -0.336 e. The van der Waals surface area contributed by atoms with Gasteiger partial charge in [-0.25, -0.2) is 0 Å². The molecule has 1 aliphatic heterocycles. The third-order valence-electron chi connectivity index (χ3n) is 6.24. The van der Waals surface area contributed by atoms with E-state index in [1.165, 1.54) is 12.8 Å². The molecule has 4 rings (SSSR count). The van der Waals surface area contributed by atoms with Crippen molar-refractivity contribution in [1.82, 2.24) is 9.80 Å². The molecule has 1 saturated heterocycles. The number of rotatable bonds is 5. The summed E-state index contributed by atoms with van der Waals surface area (Å²) >= 11 is 5.97. The van der Waals surface area contributed by atoms with Gasteiger partial charge in [-0.2, -0.15) is 0 Å². The Balaban J connectivity index is 1.42. The quantitative estimate of drug-likeness (QED) is 0.777. The second-order valence-corrected chi connectivity index (χ2v) is 8.62. The highest BCUT2D eigenvalue weighted by atomic mass is 35.5. The minimum absolute atomic E-state index is 0.0482. The van der Waals surface area contributed by atoms with E-state index in [9.17, 15) is 9.59 Å². The normalized spacial score (nSPS) is 18.9. The second kappa shape index (κ2) is 9.63. The molecule has 1 saturated carbocycles. The monoisotopic (exact) mass is 425 g/mol. The summed E-state index contributed by atoms with van der Waals surface area (Å²) in [5.74, 6) is 0.485. The molecular formula is C24H28ClN3O2. The lowest BCUT2D eigenvalue weighted by Gasteiger charge is -2.40. The SMILES string of the molecule is O=C(Nc1ccc(Cl)cc1)[C@H](C1CCCC1)N1CCN(C(=O)c2ccccc2)CC1. The van der Waals surface area contributed by atoms with E-state index < -0.39 is 0 Å². The molecule has 0 radical (unpaired) electrons. The summed E-state index contributed by atoms with van der Waals surface area (Å²) in [7, 11) is 0. The van der Waals surface area contributed by atoms with Crippen molar-refractivity contribution in [1.29, 1.82) is 0 Å². The van der Waals surface area contributed by atoms with Crippen LogP contribution in [0.3, 0.4) is 0 Å². The first-order chi connectivity index (χ1) is 14.6. The first-order valence-electron chi connectivity index (χ1n) is 10.8. The molecule has 2 aromatic rings. The maximum atomic E-state index is 13.3. The Labute approximate surface area is 183 Å². The Kier molecular flexibility index (Phi) is 6.70. The molecule has 30 heavy (non-hydrogen) atoms. The molecule has 6 heteroatoms. The van der Waals surface area contributed by atoms with Crippen LogP contribution in [-0.2, 0) is 4.79 Å². The summed E-state index contributed by atoms with van der Waals surface area (Å²) in [5, 5.41) is 3.74. The Hall–Kier alpha value is -2.37. The van der Waals surface area contributed by atoms with Crippen LogP contribution >= 0.6 is 11.6 Å². The molecule has 2 aliphatic rings. The van der Waals surface area contributed by atoms with Crippen molar-refractivity contribution in [3.63, 3.8) is 0 Å². The molecule has 1 N–H and O–H groups in total. The van der Waals surface area contributed by atoms with Crippen molar-refractivity contribution in [2.45, 2.75) is 31.7 Å². The lowest BCUT2D eigenvalue weighted by Crippen LogP contribution is -2.56. The smallest absolute Gasteiger partial charge is 0.253 e. The van der Waals surface area contributed by atoms with Crippen molar-refractivity contribution in [3.05, 3.63) is 65.2 Å². The zero-order valence-corrected chi connectivity index (χ0v) is 17.9. The molecule has 1 aliphatic carbocycles. The van der Waals surface area contributed by atoms with Crippen LogP contribution in [-0.4, -0.2) is 53.8 Å². The molecule has 0 spiro atoms. The third-order valence-corrected chi connectivity index (χ3v) is 6.49. The maximum absolute atomic E-state index is 13.3.